The molecule has 0 bridgehead atoms. The van der Waals surface area contributed by atoms with Crippen LogP contribution in [0.4, 0.5) is 33.3 Å². The van der Waals surface area contributed by atoms with Gasteiger partial charge in [0.25, 0.3) is 11.8 Å². The van der Waals surface area contributed by atoms with Gasteiger partial charge in [-0.1, -0.05) is 17.7 Å². The minimum atomic E-state index is -4.23. The maximum atomic E-state index is 14.9. The maximum Gasteiger partial charge on any atom is 0.390 e. The van der Waals surface area contributed by atoms with Crippen LogP contribution in [0.25, 0.3) is 0 Å². The van der Waals surface area contributed by atoms with Crippen molar-refractivity contribution in [3.05, 3.63) is 58.1 Å². The quantitative estimate of drug-likeness (QED) is 0.409. The van der Waals surface area contributed by atoms with Crippen LogP contribution < -0.4 is 20.9 Å². The average molecular weight is 590 g/mol. The number of hydrogen-bond acceptors (Lipinski definition) is 6. The standard InChI is InChI=1S/C26H29ClF5N5O3/c27-17-2-4-19(20(13-17)37-10-8-36(9-11-37)7-5-26(30,31)32)35-24(38)18-3-1-16(22(28)23(18)29)14-34-25(39)21-15-33-6-12-40-21/h1-4,13,21,33H,5-12,14-15H2,(H,34,39)(H,35,38)/t21-/m1/s1. The van der Waals surface area contributed by atoms with E-state index in [1.807, 2.05) is 4.90 Å². The predicted octanol–water partition coefficient (Wildman–Crippen LogP) is 3.55. The number of carbonyl (C=O) groups excluding carboxylic acids is 2. The number of amides is 2. The fourth-order valence-corrected chi connectivity index (χ4v) is 4.66. The summed E-state index contributed by atoms with van der Waals surface area (Å²) in [5.74, 6) is -4.00. The number of carbonyl (C=O) groups is 2. The van der Waals surface area contributed by atoms with Crippen molar-refractivity contribution >= 4 is 34.8 Å². The molecule has 2 aliphatic heterocycles. The summed E-state index contributed by atoms with van der Waals surface area (Å²) < 4.78 is 72.7. The molecule has 2 heterocycles. The molecule has 2 amide bonds. The maximum absolute atomic E-state index is 14.9. The highest BCUT2D eigenvalue weighted by atomic mass is 35.5. The van der Waals surface area contributed by atoms with Crippen molar-refractivity contribution < 1.29 is 36.3 Å². The van der Waals surface area contributed by atoms with Crippen LogP contribution in [0.2, 0.25) is 5.02 Å². The SMILES string of the molecule is O=C(Nc1ccc(Cl)cc1N1CCN(CCC(F)(F)F)CC1)c1ccc(CNC(=O)[C@H]2CNCCO2)c(F)c1F. The highest BCUT2D eigenvalue weighted by Gasteiger charge is 2.29. The summed E-state index contributed by atoms with van der Waals surface area (Å²) in [6.07, 6.45) is -5.86. The molecule has 14 heteroatoms. The highest BCUT2D eigenvalue weighted by Crippen LogP contribution is 2.31. The van der Waals surface area contributed by atoms with E-state index in [0.717, 1.165) is 6.07 Å². The van der Waals surface area contributed by atoms with E-state index < -0.39 is 47.7 Å². The molecule has 218 valence electrons. The molecule has 3 N–H and O–H groups in total. The zero-order valence-electron chi connectivity index (χ0n) is 21.4. The van der Waals surface area contributed by atoms with E-state index >= 15 is 0 Å². The molecule has 0 radical (unpaired) electrons. The van der Waals surface area contributed by atoms with Crippen LogP contribution in [0.5, 0.6) is 0 Å². The lowest BCUT2D eigenvalue weighted by Crippen LogP contribution is -2.47. The minimum absolute atomic E-state index is 0.105. The molecule has 0 spiro atoms. The van der Waals surface area contributed by atoms with Crippen LogP contribution in [0, 0.1) is 11.6 Å². The molecule has 0 aromatic heterocycles. The minimum Gasteiger partial charge on any atom is -0.367 e. The largest absolute Gasteiger partial charge is 0.390 e. The Hall–Kier alpha value is -3.00. The molecule has 40 heavy (non-hydrogen) atoms. The first-order valence-electron chi connectivity index (χ1n) is 12.7. The third-order valence-corrected chi connectivity index (χ3v) is 6.95. The van der Waals surface area contributed by atoms with E-state index in [1.165, 1.54) is 18.2 Å². The Morgan fingerprint density at radius 2 is 1.82 bits per heavy atom. The Balaban J connectivity index is 1.40. The lowest BCUT2D eigenvalue weighted by Gasteiger charge is -2.37. The van der Waals surface area contributed by atoms with Gasteiger partial charge in [-0.2, -0.15) is 13.2 Å². The summed E-state index contributed by atoms with van der Waals surface area (Å²) >= 11 is 6.16. The van der Waals surface area contributed by atoms with E-state index in [2.05, 4.69) is 16.0 Å². The first kappa shape index (κ1) is 30.0. The number of ether oxygens (including phenoxy) is 1. The number of alkyl halides is 3. The lowest BCUT2D eigenvalue weighted by molar-refractivity contribution is -0.138. The van der Waals surface area contributed by atoms with Gasteiger partial charge in [0, 0.05) is 62.9 Å². The van der Waals surface area contributed by atoms with Gasteiger partial charge in [-0.15, -0.1) is 0 Å². The van der Waals surface area contributed by atoms with Crippen molar-refractivity contribution in [2.75, 3.05) is 62.6 Å². The van der Waals surface area contributed by atoms with Gasteiger partial charge >= 0.3 is 6.18 Å². The van der Waals surface area contributed by atoms with Crippen LogP contribution in [0.1, 0.15) is 22.3 Å². The van der Waals surface area contributed by atoms with Crippen LogP contribution in [0.15, 0.2) is 30.3 Å². The van der Waals surface area contributed by atoms with Gasteiger partial charge in [-0.05, 0) is 24.3 Å². The second-order valence-electron chi connectivity index (χ2n) is 9.49. The summed E-state index contributed by atoms with van der Waals surface area (Å²) in [7, 11) is 0. The second kappa shape index (κ2) is 13.1. The average Bonchev–Trinajstić information content (AvgIpc) is 2.94. The molecule has 8 nitrogen and oxygen atoms in total. The summed E-state index contributed by atoms with van der Waals surface area (Å²) in [5.41, 5.74) is 0.123. The van der Waals surface area contributed by atoms with Crippen molar-refractivity contribution in [3.63, 3.8) is 0 Å². The smallest absolute Gasteiger partial charge is 0.367 e. The summed E-state index contributed by atoms with van der Waals surface area (Å²) in [6, 6.07) is 6.98. The molecule has 2 saturated heterocycles. The third-order valence-electron chi connectivity index (χ3n) is 6.71. The fraction of sp³-hybridized carbons (Fsp3) is 0.462. The molecular weight excluding hydrogens is 561 g/mol. The molecule has 0 unspecified atom stereocenters. The van der Waals surface area contributed by atoms with Gasteiger partial charge in [0.05, 0.1) is 30.0 Å². The lowest BCUT2D eigenvalue weighted by atomic mass is 10.1. The Labute approximate surface area is 232 Å². The van der Waals surface area contributed by atoms with Crippen LogP contribution >= 0.6 is 11.6 Å². The molecule has 2 aromatic carbocycles. The van der Waals surface area contributed by atoms with Gasteiger partial charge in [-0.25, -0.2) is 8.78 Å². The van der Waals surface area contributed by atoms with Crippen LogP contribution in [0.3, 0.4) is 0 Å². The van der Waals surface area contributed by atoms with E-state index in [4.69, 9.17) is 16.3 Å². The summed E-state index contributed by atoms with van der Waals surface area (Å²) in [4.78, 5) is 28.7. The molecule has 2 aromatic rings. The van der Waals surface area contributed by atoms with Crippen molar-refractivity contribution in [2.24, 2.45) is 0 Å². The van der Waals surface area contributed by atoms with E-state index in [0.29, 0.717) is 56.6 Å². The van der Waals surface area contributed by atoms with Crippen molar-refractivity contribution in [3.8, 4) is 0 Å². The zero-order chi connectivity index (χ0) is 28.9. The summed E-state index contributed by atoms with van der Waals surface area (Å²) in [5, 5.41) is 8.46. The normalized spacial score (nSPS) is 18.4. The monoisotopic (exact) mass is 589 g/mol. The Morgan fingerprint density at radius 3 is 2.50 bits per heavy atom. The number of benzene rings is 2. The van der Waals surface area contributed by atoms with Crippen molar-refractivity contribution in [2.45, 2.75) is 25.2 Å². The molecule has 0 saturated carbocycles. The first-order chi connectivity index (χ1) is 19.0. The molecule has 0 aliphatic carbocycles. The molecule has 1 atom stereocenters. The van der Waals surface area contributed by atoms with Gasteiger partial charge < -0.3 is 25.6 Å². The molecule has 4 rings (SSSR count). The first-order valence-corrected chi connectivity index (χ1v) is 13.1. The Kier molecular flexibility index (Phi) is 9.82. The van der Waals surface area contributed by atoms with Crippen molar-refractivity contribution in [1.29, 1.82) is 0 Å². The predicted molar refractivity (Wildman–Crippen MR) is 140 cm³/mol. The van der Waals surface area contributed by atoms with Gasteiger partial charge in [-0.3, -0.25) is 14.5 Å². The van der Waals surface area contributed by atoms with Crippen LogP contribution in [-0.2, 0) is 16.1 Å². The Morgan fingerprint density at radius 1 is 1.07 bits per heavy atom. The number of anilines is 2. The number of nitrogens with zero attached hydrogens (tertiary/aromatic N) is 2. The van der Waals surface area contributed by atoms with E-state index in [9.17, 15) is 31.5 Å². The second-order valence-corrected chi connectivity index (χ2v) is 9.93. The van der Waals surface area contributed by atoms with E-state index in [1.54, 1.807) is 11.0 Å². The third kappa shape index (κ3) is 7.80. The Bertz CT molecular complexity index is 1220. The van der Waals surface area contributed by atoms with Crippen molar-refractivity contribution in [1.82, 2.24) is 15.5 Å². The summed E-state index contributed by atoms with van der Waals surface area (Å²) in [6.45, 7) is 2.40. The van der Waals surface area contributed by atoms with Crippen LogP contribution in [-0.4, -0.2) is 81.4 Å². The number of nitrogens with one attached hydrogen (secondary N) is 3. The zero-order valence-corrected chi connectivity index (χ0v) is 22.2. The van der Waals surface area contributed by atoms with Gasteiger partial charge in [0.2, 0.25) is 0 Å². The highest BCUT2D eigenvalue weighted by molar-refractivity contribution is 6.31. The number of hydrogen-bond donors (Lipinski definition) is 3. The van der Waals surface area contributed by atoms with E-state index in [-0.39, 0.29) is 24.3 Å². The van der Waals surface area contributed by atoms with Gasteiger partial charge in [0.15, 0.2) is 11.6 Å². The topological polar surface area (TPSA) is 85.9 Å². The number of rotatable bonds is 8. The fourth-order valence-electron chi connectivity index (χ4n) is 4.49. The number of morpholine rings is 1. The molecule has 2 fully saturated rings. The van der Waals surface area contributed by atoms with Gasteiger partial charge in [0.1, 0.15) is 6.10 Å². The molecule has 2 aliphatic rings. The molecular formula is C26H29ClF5N5O3. The number of halogens is 6. The number of piperazine rings is 1.